The number of para-hydroxylation sites is 2. The van der Waals surface area contributed by atoms with Gasteiger partial charge in [0, 0.05) is 62.5 Å². The molecule has 8 aromatic carbocycles. The number of fused-ring (bicyclic) bond motifs is 3. The Morgan fingerprint density at radius 3 is 1.47 bits per heavy atom. The van der Waals surface area contributed by atoms with Gasteiger partial charge in [0.25, 0.3) is 0 Å². The minimum absolute atomic E-state index is 0.852. The third-order valence-corrected chi connectivity index (χ3v) is 9.88. The second-order valence-corrected chi connectivity index (χ2v) is 13.2. The normalized spacial score (nSPS) is 11.1. The van der Waals surface area contributed by atoms with Crippen molar-refractivity contribution >= 4 is 71.2 Å². The third-order valence-electron chi connectivity index (χ3n) is 9.88. The van der Waals surface area contributed by atoms with E-state index in [1.807, 2.05) is 24.5 Å². The number of benzene rings is 8. The fraction of sp³-hybridized carbons (Fsp3) is 0. The standard InChI is InChI=1S/C50H29N3/c1-3-10-43(11-4-1)53(44-12-5-2-6-13-44)45-27-17-34(18-28-45)14-15-35-30-41-24-25-42-31-36(33-52-50(42)49(41)51-32-35)16-19-37-20-21-40-23-22-38-8-7-9-39-26-29-46(37)48(40)47(38)39/h1-13,17-18,20-33H. The predicted octanol–water partition coefficient (Wildman–Crippen LogP) is 11.9. The molecule has 0 spiro atoms. The summed E-state index contributed by atoms with van der Waals surface area (Å²) in [5.74, 6) is 13.5. The maximum Gasteiger partial charge on any atom is 0.0965 e. The van der Waals surface area contributed by atoms with Crippen LogP contribution in [0.25, 0.3) is 54.1 Å². The summed E-state index contributed by atoms with van der Waals surface area (Å²) in [7, 11) is 0. The zero-order chi connectivity index (χ0) is 35.1. The molecule has 0 aliphatic rings. The van der Waals surface area contributed by atoms with Crippen molar-refractivity contribution in [3.8, 4) is 23.7 Å². The zero-order valence-electron chi connectivity index (χ0n) is 28.6. The summed E-state index contributed by atoms with van der Waals surface area (Å²) in [6.07, 6.45) is 3.68. The van der Waals surface area contributed by atoms with Crippen LogP contribution in [0.15, 0.2) is 176 Å². The number of rotatable bonds is 3. The first-order valence-corrected chi connectivity index (χ1v) is 17.6. The van der Waals surface area contributed by atoms with Gasteiger partial charge in [-0.1, -0.05) is 121 Å². The lowest BCUT2D eigenvalue weighted by Gasteiger charge is -2.25. The average molecular weight is 672 g/mol. The van der Waals surface area contributed by atoms with Gasteiger partial charge in [-0.05, 0) is 99.0 Å². The maximum atomic E-state index is 4.83. The van der Waals surface area contributed by atoms with Crippen molar-refractivity contribution in [1.29, 1.82) is 0 Å². The summed E-state index contributed by atoms with van der Waals surface area (Å²) >= 11 is 0. The van der Waals surface area contributed by atoms with Crippen LogP contribution in [0.2, 0.25) is 0 Å². The van der Waals surface area contributed by atoms with Crippen LogP contribution in [0.3, 0.4) is 0 Å². The van der Waals surface area contributed by atoms with E-state index in [1.165, 1.54) is 32.3 Å². The van der Waals surface area contributed by atoms with Gasteiger partial charge in [-0.25, -0.2) is 0 Å². The lowest BCUT2D eigenvalue weighted by Crippen LogP contribution is -2.09. The van der Waals surface area contributed by atoms with Gasteiger partial charge in [0.1, 0.15) is 0 Å². The van der Waals surface area contributed by atoms with Crippen LogP contribution in [-0.2, 0) is 0 Å². The fourth-order valence-electron chi connectivity index (χ4n) is 7.35. The Hall–Kier alpha value is -7.46. The Morgan fingerprint density at radius 1 is 0.358 bits per heavy atom. The van der Waals surface area contributed by atoms with Crippen LogP contribution in [0.1, 0.15) is 22.3 Å². The van der Waals surface area contributed by atoms with Crippen molar-refractivity contribution in [2.75, 3.05) is 4.90 Å². The predicted molar refractivity (Wildman–Crippen MR) is 220 cm³/mol. The first kappa shape index (κ1) is 30.4. The highest BCUT2D eigenvalue weighted by atomic mass is 15.1. The summed E-state index contributed by atoms with van der Waals surface area (Å²) in [5.41, 5.74) is 8.65. The second kappa shape index (κ2) is 12.7. The molecular weight excluding hydrogens is 643 g/mol. The monoisotopic (exact) mass is 671 g/mol. The van der Waals surface area contributed by atoms with E-state index in [0.717, 1.165) is 61.1 Å². The number of aromatic nitrogens is 2. The summed E-state index contributed by atoms with van der Waals surface area (Å²) < 4.78 is 0. The summed E-state index contributed by atoms with van der Waals surface area (Å²) in [5, 5.41) is 9.51. The number of anilines is 3. The first-order chi connectivity index (χ1) is 26.2. The molecule has 0 fully saturated rings. The molecule has 3 nitrogen and oxygen atoms in total. The molecule has 0 aliphatic heterocycles. The van der Waals surface area contributed by atoms with Crippen LogP contribution in [0.5, 0.6) is 0 Å². The maximum absolute atomic E-state index is 4.83. The van der Waals surface area contributed by atoms with Gasteiger partial charge in [0.2, 0.25) is 0 Å². The van der Waals surface area contributed by atoms with E-state index in [2.05, 4.69) is 180 Å². The van der Waals surface area contributed by atoms with Gasteiger partial charge in [-0.3, -0.25) is 9.97 Å². The number of hydrogen-bond acceptors (Lipinski definition) is 3. The minimum atomic E-state index is 0.852. The van der Waals surface area contributed by atoms with Crippen molar-refractivity contribution in [1.82, 2.24) is 9.97 Å². The SMILES string of the molecule is C(#Cc1cnc2c(ccc3cc(C#Cc4ccc5ccc6cccc7ccc4c5c67)cnc32)c1)c1ccc(N(c2ccccc2)c2ccccc2)cc1. The van der Waals surface area contributed by atoms with Crippen molar-refractivity contribution < 1.29 is 0 Å². The summed E-state index contributed by atoms with van der Waals surface area (Å²) in [6, 6.07) is 57.1. The molecule has 0 amide bonds. The van der Waals surface area contributed by atoms with E-state index < -0.39 is 0 Å². The topological polar surface area (TPSA) is 29.0 Å². The molecule has 0 saturated heterocycles. The number of hydrogen-bond donors (Lipinski definition) is 0. The van der Waals surface area contributed by atoms with Gasteiger partial charge in [-0.2, -0.15) is 0 Å². The lowest BCUT2D eigenvalue weighted by atomic mass is 9.92. The van der Waals surface area contributed by atoms with Gasteiger partial charge >= 0.3 is 0 Å². The van der Waals surface area contributed by atoms with E-state index in [1.54, 1.807) is 0 Å². The van der Waals surface area contributed by atoms with Crippen LogP contribution < -0.4 is 4.90 Å². The molecule has 0 aliphatic carbocycles. The third kappa shape index (κ3) is 5.55. The molecule has 0 saturated carbocycles. The average Bonchev–Trinajstić information content (AvgIpc) is 3.22. The first-order valence-electron chi connectivity index (χ1n) is 17.6. The van der Waals surface area contributed by atoms with E-state index in [0.29, 0.717) is 0 Å². The highest BCUT2D eigenvalue weighted by Gasteiger charge is 2.12. The molecule has 0 N–H and O–H groups in total. The quantitative estimate of drug-likeness (QED) is 0.138. The molecule has 10 rings (SSSR count). The van der Waals surface area contributed by atoms with Crippen LogP contribution >= 0.6 is 0 Å². The Labute approximate surface area is 307 Å². The van der Waals surface area contributed by atoms with E-state index in [9.17, 15) is 0 Å². The van der Waals surface area contributed by atoms with E-state index >= 15 is 0 Å². The van der Waals surface area contributed by atoms with Crippen molar-refractivity contribution in [2.24, 2.45) is 0 Å². The van der Waals surface area contributed by atoms with E-state index in [4.69, 9.17) is 9.97 Å². The second-order valence-electron chi connectivity index (χ2n) is 13.2. The molecule has 0 unspecified atom stereocenters. The molecule has 3 heteroatoms. The van der Waals surface area contributed by atoms with Gasteiger partial charge in [0.15, 0.2) is 0 Å². The van der Waals surface area contributed by atoms with Crippen LogP contribution in [0.4, 0.5) is 17.1 Å². The van der Waals surface area contributed by atoms with Crippen molar-refractivity contribution in [3.63, 3.8) is 0 Å². The Bertz CT molecular complexity index is 3050. The highest BCUT2D eigenvalue weighted by Crippen LogP contribution is 2.36. The highest BCUT2D eigenvalue weighted by molar-refractivity contribution is 6.23. The smallest absolute Gasteiger partial charge is 0.0965 e. The molecule has 244 valence electrons. The summed E-state index contributed by atoms with van der Waals surface area (Å²) in [6.45, 7) is 0. The lowest BCUT2D eigenvalue weighted by molar-refractivity contribution is 1.28. The molecule has 0 radical (unpaired) electrons. The molecule has 0 atom stereocenters. The molecule has 10 aromatic rings. The molecule has 2 aromatic heterocycles. The fourth-order valence-corrected chi connectivity index (χ4v) is 7.35. The number of nitrogens with zero attached hydrogens (tertiary/aromatic N) is 3. The van der Waals surface area contributed by atoms with Gasteiger partial charge in [0.05, 0.1) is 11.0 Å². The largest absolute Gasteiger partial charge is 0.311 e. The minimum Gasteiger partial charge on any atom is -0.311 e. The zero-order valence-corrected chi connectivity index (χ0v) is 28.6. The summed E-state index contributed by atoms with van der Waals surface area (Å²) in [4.78, 5) is 11.9. The molecule has 2 heterocycles. The van der Waals surface area contributed by atoms with Gasteiger partial charge in [-0.15, -0.1) is 0 Å². The van der Waals surface area contributed by atoms with Crippen molar-refractivity contribution in [2.45, 2.75) is 0 Å². The number of pyridine rings is 2. The van der Waals surface area contributed by atoms with E-state index in [-0.39, 0.29) is 0 Å². The van der Waals surface area contributed by atoms with Crippen molar-refractivity contribution in [3.05, 3.63) is 198 Å². The Balaban J connectivity index is 0.920. The molecule has 53 heavy (non-hydrogen) atoms. The van der Waals surface area contributed by atoms with Gasteiger partial charge < -0.3 is 4.90 Å². The Kier molecular flexibility index (Phi) is 7.28. The van der Waals surface area contributed by atoms with Crippen LogP contribution in [-0.4, -0.2) is 9.97 Å². The van der Waals surface area contributed by atoms with Crippen LogP contribution in [0, 0.1) is 23.7 Å². The molecule has 0 bridgehead atoms. The molecular formula is C50H29N3. The Morgan fingerprint density at radius 2 is 0.849 bits per heavy atom.